The van der Waals surface area contributed by atoms with E-state index in [-0.39, 0.29) is 27.6 Å². The highest BCUT2D eigenvalue weighted by molar-refractivity contribution is 7.78. The molecular weight excluding hydrogens is 348 g/mol. The molecule has 24 heavy (non-hydrogen) atoms. The second kappa shape index (κ2) is 5.29. The number of ketones is 1. The molecule has 0 amide bonds. The maximum absolute atomic E-state index is 12.9. The zero-order valence-electron chi connectivity index (χ0n) is 12.3. The lowest BCUT2D eigenvalue weighted by Gasteiger charge is -2.17. The predicted molar refractivity (Wildman–Crippen MR) is 95.2 cm³/mol. The molecule has 0 fully saturated rings. The first-order valence-corrected chi connectivity index (χ1v) is 8.12. The Morgan fingerprint density at radius 2 is 1.83 bits per heavy atom. The van der Waals surface area contributed by atoms with Gasteiger partial charge in [-0.1, -0.05) is 23.8 Å². The minimum atomic E-state index is -0.420. The third-order valence-electron chi connectivity index (χ3n) is 4.18. The van der Waals surface area contributed by atoms with Gasteiger partial charge in [0.2, 0.25) is 0 Å². The Bertz CT molecular complexity index is 1040. The summed E-state index contributed by atoms with van der Waals surface area (Å²) in [5, 5.41) is 27.4. The van der Waals surface area contributed by atoms with Gasteiger partial charge < -0.3 is 10.2 Å². The highest BCUT2D eigenvalue weighted by Crippen LogP contribution is 2.47. The zero-order valence-corrected chi connectivity index (χ0v) is 13.9. The molecule has 3 aromatic rings. The summed E-state index contributed by atoms with van der Waals surface area (Å²) in [5.41, 5.74) is 1.74. The normalized spacial score (nSPS) is 12.5. The lowest BCUT2D eigenvalue weighted by molar-refractivity contribution is 0.103. The van der Waals surface area contributed by atoms with Crippen LogP contribution in [-0.4, -0.2) is 31.1 Å². The summed E-state index contributed by atoms with van der Waals surface area (Å²) in [7, 11) is 0. The molecule has 0 saturated carbocycles. The molecule has 0 radical (unpaired) electrons. The summed E-state index contributed by atoms with van der Waals surface area (Å²) in [4.78, 5) is 12.9. The van der Waals surface area contributed by atoms with Gasteiger partial charge in [0.25, 0.3) is 0 Å². The van der Waals surface area contributed by atoms with E-state index < -0.39 is 5.78 Å². The van der Waals surface area contributed by atoms with Crippen LogP contribution in [0.1, 0.15) is 22.3 Å². The Morgan fingerprint density at radius 1 is 1.12 bits per heavy atom. The number of aromatic nitrogens is 2. The molecule has 1 aliphatic carbocycles. The molecule has 5 nitrogen and oxygen atoms in total. The number of carbonyl (C=O) groups is 1. The minimum absolute atomic E-state index is 0.0250. The van der Waals surface area contributed by atoms with Gasteiger partial charge in [0.05, 0.1) is 27.2 Å². The van der Waals surface area contributed by atoms with E-state index in [1.165, 1.54) is 12.1 Å². The Kier molecular flexibility index (Phi) is 3.33. The van der Waals surface area contributed by atoms with Gasteiger partial charge in [-0.3, -0.25) is 9.48 Å². The van der Waals surface area contributed by atoms with Gasteiger partial charge in [-0.05, 0) is 36.1 Å². The van der Waals surface area contributed by atoms with Crippen molar-refractivity contribution in [1.29, 1.82) is 0 Å². The van der Waals surface area contributed by atoms with E-state index in [1.807, 2.05) is 0 Å². The molecule has 0 unspecified atom stereocenters. The first kappa shape index (κ1) is 15.1. The maximum Gasteiger partial charge on any atom is 0.199 e. The van der Waals surface area contributed by atoms with Gasteiger partial charge in [0.1, 0.15) is 17.2 Å². The number of thiocarbonyl (C=S) groups is 1. The van der Waals surface area contributed by atoms with Crippen molar-refractivity contribution in [1.82, 2.24) is 9.78 Å². The molecule has 2 N–H and O–H groups in total. The fraction of sp³-hybridized carbons (Fsp3) is 0.118. The van der Waals surface area contributed by atoms with Crippen molar-refractivity contribution in [2.75, 3.05) is 0 Å². The number of fused-ring (bicyclic) bond motifs is 2. The van der Waals surface area contributed by atoms with Crippen LogP contribution in [0, 0.1) is 0 Å². The van der Waals surface area contributed by atoms with Crippen LogP contribution < -0.4 is 0 Å². The third-order valence-corrected chi connectivity index (χ3v) is 4.73. The summed E-state index contributed by atoms with van der Waals surface area (Å²) in [5.74, 6) is -0.737. The molecule has 1 aliphatic rings. The summed E-state index contributed by atoms with van der Waals surface area (Å²) in [6.07, 6.45) is 0.635. The molecule has 7 heteroatoms. The lowest BCUT2D eigenvalue weighted by Crippen LogP contribution is -2.10. The van der Waals surface area contributed by atoms with E-state index in [4.69, 9.17) is 23.8 Å². The van der Waals surface area contributed by atoms with Crippen molar-refractivity contribution in [2.45, 2.75) is 13.0 Å². The van der Waals surface area contributed by atoms with E-state index in [1.54, 1.807) is 22.2 Å². The average molecular weight is 359 g/mol. The van der Waals surface area contributed by atoms with E-state index in [9.17, 15) is 15.0 Å². The molecule has 0 spiro atoms. The molecule has 1 heterocycles. The standard InChI is InChI=1S/C17H11ClN2O3S/c18-8-2-3-9-13-12(8)17(23)15-11(22)5-4-10(21)14(15)16(13)19-20(9)6-1-7-24/h2-5,7,21-22H,1,6H2. The van der Waals surface area contributed by atoms with Gasteiger partial charge >= 0.3 is 0 Å². The predicted octanol–water partition coefficient (Wildman–Crippen LogP) is 3.70. The maximum atomic E-state index is 12.9. The van der Waals surface area contributed by atoms with Crippen molar-refractivity contribution in [2.24, 2.45) is 0 Å². The summed E-state index contributed by atoms with van der Waals surface area (Å²) < 4.78 is 1.74. The van der Waals surface area contributed by atoms with Crippen LogP contribution in [0.3, 0.4) is 0 Å². The number of halogens is 1. The molecule has 1 aromatic heterocycles. The Balaban J connectivity index is 2.16. The van der Waals surface area contributed by atoms with Crippen LogP contribution in [0.15, 0.2) is 24.3 Å². The van der Waals surface area contributed by atoms with Gasteiger partial charge in [0.15, 0.2) is 5.78 Å². The average Bonchev–Trinajstić information content (AvgIpc) is 2.92. The van der Waals surface area contributed by atoms with Gasteiger partial charge in [-0.25, -0.2) is 0 Å². The molecule has 120 valence electrons. The van der Waals surface area contributed by atoms with Crippen molar-refractivity contribution >= 4 is 45.9 Å². The molecule has 0 saturated heterocycles. The summed E-state index contributed by atoms with van der Waals surface area (Å²) in [6, 6.07) is 6.06. The van der Waals surface area contributed by atoms with Crippen LogP contribution in [0.2, 0.25) is 5.02 Å². The summed E-state index contributed by atoms with van der Waals surface area (Å²) >= 11 is 11.1. The Hall–Kier alpha value is -2.44. The van der Waals surface area contributed by atoms with Crippen LogP contribution in [0.5, 0.6) is 11.5 Å². The van der Waals surface area contributed by atoms with Crippen LogP contribution in [0.25, 0.3) is 22.2 Å². The van der Waals surface area contributed by atoms with E-state index in [0.717, 1.165) is 5.52 Å². The first-order chi connectivity index (χ1) is 11.5. The summed E-state index contributed by atoms with van der Waals surface area (Å²) in [6.45, 7) is 0.546. The largest absolute Gasteiger partial charge is 0.507 e. The number of rotatable bonds is 3. The third kappa shape index (κ3) is 1.90. The smallest absolute Gasteiger partial charge is 0.199 e. The number of aromatic hydroxyl groups is 2. The molecule has 4 rings (SSSR count). The van der Waals surface area contributed by atoms with E-state index >= 15 is 0 Å². The van der Waals surface area contributed by atoms with E-state index in [2.05, 4.69) is 5.10 Å². The van der Waals surface area contributed by atoms with Gasteiger partial charge in [0, 0.05) is 11.9 Å². The lowest BCUT2D eigenvalue weighted by atomic mass is 9.86. The molecule has 0 aliphatic heterocycles. The monoisotopic (exact) mass is 358 g/mol. The quantitative estimate of drug-likeness (QED) is 0.431. The number of hydrogen-bond donors (Lipinski definition) is 2. The van der Waals surface area contributed by atoms with Crippen molar-refractivity contribution in [3.8, 4) is 22.8 Å². The number of aryl methyl sites for hydroxylation is 1. The fourth-order valence-corrected chi connectivity index (χ4v) is 3.51. The van der Waals surface area contributed by atoms with Crippen LogP contribution in [0.4, 0.5) is 0 Å². The molecule has 2 aromatic carbocycles. The van der Waals surface area contributed by atoms with E-state index in [0.29, 0.717) is 29.6 Å². The van der Waals surface area contributed by atoms with Gasteiger partial charge in [-0.15, -0.1) is 0 Å². The second-order valence-electron chi connectivity index (χ2n) is 5.53. The number of hydrogen-bond acceptors (Lipinski definition) is 5. The van der Waals surface area contributed by atoms with Crippen molar-refractivity contribution in [3.05, 3.63) is 40.4 Å². The Labute approximate surface area is 147 Å². The number of benzene rings is 2. The number of nitrogens with zero attached hydrogens (tertiary/aromatic N) is 2. The highest BCUT2D eigenvalue weighted by Gasteiger charge is 2.34. The van der Waals surface area contributed by atoms with Gasteiger partial charge in [-0.2, -0.15) is 5.10 Å². The molecule has 0 atom stereocenters. The van der Waals surface area contributed by atoms with Crippen LogP contribution >= 0.6 is 23.8 Å². The SMILES string of the molecule is O=C1c2c(O)ccc(O)c2-c2nn(CCC=S)c3ccc(Cl)c1c23. The second-order valence-corrected chi connectivity index (χ2v) is 6.27. The van der Waals surface area contributed by atoms with Crippen molar-refractivity contribution < 1.29 is 15.0 Å². The molecule has 0 bridgehead atoms. The number of carbonyl (C=O) groups excluding carboxylic acids is 1. The number of phenols is 2. The Morgan fingerprint density at radius 3 is 2.54 bits per heavy atom. The van der Waals surface area contributed by atoms with Crippen LogP contribution in [-0.2, 0) is 6.54 Å². The fourth-order valence-electron chi connectivity index (χ4n) is 3.16. The topological polar surface area (TPSA) is 75.3 Å². The number of phenolic OH excluding ortho intramolecular Hbond substituents is 2. The zero-order chi connectivity index (χ0) is 17.0. The highest BCUT2D eigenvalue weighted by atomic mass is 35.5. The molecular formula is C17H11ClN2O3S. The first-order valence-electron chi connectivity index (χ1n) is 7.27. The minimum Gasteiger partial charge on any atom is -0.507 e. The van der Waals surface area contributed by atoms with Crippen molar-refractivity contribution in [3.63, 3.8) is 0 Å².